The molecule has 0 amide bonds. The van der Waals surface area contributed by atoms with Crippen molar-refractivity contribution in [2.75, 3.05) is 0 Å². The second kappa shape index (κ2) is 8.29. The van der Waals surface area contributed by atoms with E-state index in [-0.39, 0.29) is 5.82 Å². The van der Waals surface area contributed by atoms with Gasteiger partial charge in [0.15, 0.2) is 0 Å². The molecule has 0 aliphatic rings. The molecule has 1 aromatic heterocycles. The van der Waals surface area contributed by atoms with Crippen molar-refractivity contribution >= 4 is 22.9 Å². The molecule has 2 nitrogen and oxygen atoms in total. The molecule has 0 unspecified atom stereocenters. The Morgan fingerprint density at radius 3 is 2.62 bits per heavy atom. The van der Waals surface area contributed by atoms with E-state index in [1.807, 2.05) is 24.3 Å². The Morgan fingerprint density at radius 1 is 1.04 bits per heavy atom. The van der Waals surface area contributed by atoms with Gasteiger partial charge in [-0.05, 0) is 47.3 Å². The first kappa shape index (κ1) is 17.0. The highest BCUT2D eigenvalue weighted by Gasteiger charge is 2.06. The number of ether oxygens (including phenoxy) is 1. The van der Waals surface area contributed by atoms with Gasteiger partial charge in [0.1, 0.15) is 18.2 Å². The predicted octanol–water partition coefficient (Wildman–Crippen LogP) is 5.41. The van der Waals surface area contributed by atoms with Crippen LogP contribution in [0.3, 0.4) is 0 Å². The molecule has 0 saturated carbocycles. The Balaban J connectivity index is 1.62. The third kappa shape index (κ3) is 4.81. The lowest BCUT2D eigenvalue weighted by Crippen LogP contribution is -2.13. The summed E-state index contributed by atoms with van der Waals surface area (Å²) in [5.74, 6) is 0.533. The average Bonchev–Trinajstić information content (AvgIpc) is 3.09. The molecule has 0 spiro atoms. The van der Waals surface area contributed by atoms with Gasteiger partial charge < -0.3 is 10.1 Å². The third-order valence-electron chi connectivity index (χ3n) is 3.52. The van der Waals surface area contributed by atoms with Crippen LogP contribution in [0.2, 0.25) is 5.02 Å². The van der Waals surface area contributed by atoms with Crippen molar-refractivity contribution in [1.82, 2.24) is 5.32 Å². The molecule has 124 valence electrons. The Bertz CT molecular complexity index is 775. The molecule has 0 fully saturated rings. The molecule has 0 aliphatic heterocycles. The Labute approximate surface area is 149 Å². The number of halogens is 2. The van der Waals surface area contributed by atoms with Crippen molar-refractivity contribution in [2.45, 2.75) is 19.7 Å². The van der Waals surface area contributed by atoms with Crippen LogP contribution >= 0.6 is 22.9 Å². The topological polar surface area (TPSA) is 21.3 Å². The lowest BCUT2D eigenvalue weighted by molar-refractivity contribution is 0.302. The van der Waals surface area contributed by atoms with Crippen LogP contribution in [0.5, 0.6) is 5.75 Å². The Morgan fingerprint density at radius 2 is 1.88 bits per heavy atom. The van der Waals surface area contributed by atoms with Gasteiger partial charge in [0.05, 0.1) is 0 Å². The molecule has 24 heavy (non-hydrogen) atoms. The first-order valence-corrected chi connectivity index (χ1v) is 8.85. The predicted molar refractivity (Wildman–Crippen MR) is 97.0 cm³/mol. The highest BCUT2D eigenvalue weighted by atomic mass is 35.5. The van der Waals surface area contributed by atoms with E-state index < -0.39 is 0 Å². The first-order valence-electron chi connectivity index (χ1n) is 7.59. The fraction of sp³-hybridized carbons (Fsp3) is 0.158. The van der Waals surface area contributed by atoms with Crippen LogP contribution in [0.1, 0.15) is 16.0 Å². The van der Waals surface area contributed by atoms with Crippen LogP contribution in [0.4, 0.5) is 4.39 Å². The molecule has 1 heterocycles. The van der Waals surface area contributed by atoms with Gasteiger partial charge in [-0.25, -0.2) is 4.39 Å². The summed E-state index contributed by atoms with van der Waals surface area (Å²) in [5.41, 5.74) is 1.92. The van der Waals surface area contributed by atoms with E-state index in [9.17, 15) is 4.39 Å². The third-order valence-corrected chi connectivity index (χ3v) is 4.64. The summed E-state index contributed by atoms with van der Waals surface area (Å²) in [5, 5.41) is 6.14. The Kier molecular flexibility index (Phi) is 5.86. The minimum Gasteiger partial charge on any atom is -0.489 e. The zero-order valence-corrected chi connectivity index (χ0v) is 14.5. The van der Waals surface area contributed by atoms with Crippen molar-refractivity contribution in [1.29, 1.82) is 0 Å². The van der Waals surface area contributed by atoms with Crippen molar-refractivity contribution in [3.05, 3.63) is 86.8 Å². The number of rotatable bonds is 7. The largest absolute Gasteiger partial charge is 0.489 e. The van der Waals surface area contributed by atoms with Crippen LogP contribution in [0.25, 0.3) is 0 Å². The maximum Gasteiger partial charge on any atom is 0.124 e. The molecule has 3 rings (SSSR count). The fourth-order valence-corrected chi connectivity index (χ4v) is 3.17. The number of thiophene rings is 1. The molecule has 5 heteroatoms. The molecule has 0 aliphatic carbocycles. The highest BCUT2D eigenvalue weighted by Crippen LogP contribution is 2.24. The van der Waals surface area contributed by atoms with E-state index >= 15 is 0 Å². The standard InChI is InChI=1S/C19H17ClFNOS/c20-16-5-8-19(23-13-14-3-6-17(21)7-4-14)15(10-16)11-22-12-18-2-1-9-24-18/h1-10,22H,11-13H2. The minimum absolute atomic E-state index is 0.247. The van der Waals surface area contributed by atoms with Gasteiger partial charge in [0, 0.05) is 28.6 Å². The molecule has 2 aromatic carbocycles. The summed E-state index contributed by atoms with van der Waals surface area (Å²) in [6.07, 6.45) is 0. The summed E-state index contributed by atoms with van der Waals surface area (Å²) in [6, 6.07) is 16.0. The summed E-state index contributed by atoms with van der Waals surface area (Å²) < 4.78 is 18.8. The van der Waals surface area contributed by atoms with E-state index in [0.717, 1.165) is 23.4 Å². The second-order valence-corrected chi connectivity index (χ2v) is 6.82. The monoisotopic (exact) mass is 361 g/mol. The van der Waals surface area contributed by atoms with Crippen LogP contribution in [0, 0.1) is 5.82 Å². The van der Waals surface area contributed by atoms with Crippen LogP contribution < -0.4 is 10.1 Å². The first-order chi connectivity index (χ1) is 11.7. The second-order valence-electron chi connectivity index (χ2n) is 5.35. The van der Waals surface area contributed by atoms with Gasteiger partial charge in [-0.15, -0.1) is 11.3 Å². The van der Waals surface area contributed by atoms with Crippen molar-refractivity contribution in [3.8, 4) is 5.75 Å². The number of benzene rings is 2. The zero-order chi connectivity index (χ0) is 16.8. The van der Waals surface area contributed by atoms with E-state index in [4.69, 9.17) is 16.3 Å². The summed E-state index contributed by atoms with van der Waals surface area (Å²) in [4.78, 5) is 1.28. The fourth-order valence-electron chi connectivity index (χ4n) is 2.30. The molecule has 0 atom stereocenters. The summed E-state index contributed by atoms with van der Waals surface area (Å²) in [7, 11) is 0. The van der Waals surface area contributed by atoms with Crippen LogP contribution in [0.15, 0.2) is 60.0 Å². The Hall–Kier alpha value is -1.88. The zero-order valence-electron chi connectivity index (χ0n) is 13.0. The van der Waals surface area contributed by atoms with Crippen molar-refractivity contribution < 1.29 is 9.13 Å². The van der Waals surface area contributed by atoms with Gasteiger partial charge in [-0.2, -0.15) is 0 Å². The summed E-state index contributed by atoms with van der Waals surface area (Å²) >= 11 is 7.83. The van der Waals surface area contributed by atoms with E-state index in [1.54, 1.807) is 23.5 Å². The van der Waals surface area contributed by atoms with Crippen LogP contribution in [-0.2, 0) is 19.7 Å². The molecule has 3 aromatic rings. The van der Waals surface area contributed by atoms with Crippen molar-refractivity contribution in [2.24, 2.45) is 0 Å². The average molecular weight is 362 g/mol. The number of hydrogen-bond acceptors (Lipinski definition) is 3. The van der Waals surface area contributed by atoms with Crippen LogP contribution in [-0.4, -0.2) is 0 Å². The van der Waals surface area contributed by atoms with E-state index in [2.05, 4.69) is 16.8 Å². The molecule has 0 bridgehead atoms. The lowest BCUT2D eigenvalue weighted by Gasteiger charge is -2.13. The quantitative estimate of drug-likeness (QED) is 0.607. The normalized spacial score (nSPS) is 10.8. The van der Waals surface area contributed by atoms with E-state index in [1.165, 1.54) is 17.0 Å². The van der Waals surface area contributed by atoms with Crippen molar-refractivity contribution in [3.63, 3.8) is 0 Å². The molecular weight excluding hydrogens is 345 g/mol. The number of hydrogen-bond donors (Lipinski definition) is 1. The summed E-state index contributed by atoms with van der Waals surface area (Å²) in [6.45, 7) is 1.86. The minimum atomic E-state index is -0.247. The van der Waals surface area contributed by atoms with Gasteiger partial charge in [-0.1, -0.05) is 29.8 Å². The molecule has 0 radical (unpaired) electrons. The van der Waals surface area contributed by atoms with Gasteiger partial charge in [0.25, 0.3) is 0 Å². The van der Waals surface area contributed by atoms with Gasteiger partial charge in [-0.3, -0.25) is 0 Å². The molecule has 0 saturated heterocycles. The molecular formula is C19H17ClFNOS. The van der Waals surface area contributed by atoms with Gasteiger partial charge in [0.2, 0.25) is 0 Å². The van der Waals surface area contributed by atoms with Gasteiger partial charge >= 0.3 is 0 Å². The van der Waals surface area contributed by atoms with E-state index in [0.29, 0.717) is 18.2 Å². The highest BCUT2D eigenvalue weighted by molar-refractivity contribution is 7.09. The molecule has 1 N–H and O–H groups in total. The SMILES string of the molecule is Fc1ccc(COc2ccc(Cl)cc2CNCc2cccs2)cc1. The number of nitrogens with one attached hydrogen (secondary N) is 1. The maximum atomic E-state index is 13.0. The smallest absolute Gasteiger partial charge is 0.124 e. The lowest BCUT2D eigenvalue weighted by atomic mass is 10.2. The maximum absolute atomic E-state index is 13.0.